The Labute approximate surface area is 94.9 Å². The van der Waals surface area contributed by atoms with Crippen LogP contribution in [-0.4, -0.2) is 47.8 Å². The maximum absolute atomic E-state index is 12.0. The van der Waals surface area contributed by atoms with Crippen molar-refractivity contribution in [3.05, 3.63) is 11.6 Å². The van der Waals surface area contributed by atoms with E-state index in [1.165, 1.54) is 10.5 Å². The second-order valence-corrected chi connectivity index (χ2v) is 5.14. The van der Waals surface area contributed by atoms with E-state index in [2.05, 4.69) is 17.9 Å². The van der Waals surface area contributed by atoms with Gasteiger partial charge in [-0.3, -0.25) is 19.4 Å². The molecule has 86 valence electrons. The highest BCUT2D eigenvalue weighted by molar-refractivity contribution is 6.05. The summed E-state index contributed by atoms with van der Waals surface area (Å²) in [7, 11) is 1.61. The van der Waals surface area contributed by atoms with Crippen molar-refractivity contribution < 1.29 is 9.59 Å². The van der Waals surface area contributed by atoms with E-state index in [0.717, 1.165) is 19.5 Å². The maximum atomic E-state index is 12.0. The lowest BCUT2D eigenvalue weighted by Gasteiger charge is -2.30. The molecule has 0 bridgehead atoms. The number of amides is 2. The Balaban J connectivity index is 1.93. The fourth-order valence-electron chi connectivity index (χ4n) is 3.30. The Morgan fingerprint density at radius 3 is 2.81 bits per heavy atom. The van der Waals surface area contributed by atoms with Crippen molar-refractivity contribution in [1.82, 2.24) is 9.80 Å². The number of imide groups is 1. The van der Waals surface area contributed by atoms with Gasteiger partial charge in [-0.05, 0) is 13.3 Å². The molecule has 0 unspecified atom stereocenters. The van der Waals surface area contributed by atoms with Gasteiger partial charge < -0.3 is 0 Å². The molecule has 0 saturated carbocycles. The normalized spacial score (nSPS) is 38.8. The van der Waals surface area contributed by atoms with Gasteiger partial charge in [-0.15, -0.1) is 0 Å². The van der Waals surface area contributed by atoms with Crippen LogP contribution < -0.4 is 0 Å². The average molecular weight is 220 g/mol. The van der Waals surface area contributed by atoms with Crippen molar-refractivity contribution in [2.75, 3.05) is 20.1 Å². The van der Waals surface area contributed by atoms with Gasteiger partial charge in [0.1, 0.15) is 0 Å². The van der Waals surface area contributed by atoms with Crippen LogP contribution in [0.25, 0.3) is 0 Å². The Morgan fingerprint density at radius 1 is 1.31 bits per heavy atom. The first-order valence-electron chi connectivity index (χ1n) is 5.80. The van der Waals surface area contributed by atoms with Crippen LogP contribution in [0.2, 0.25) is 0 Å². The fourth-order valence-corrected chi connectivity index (χ4v) is 3.30. The summed E-state index contributed by atoms with van der Waals surface area (Å²) in [5.41, 5.74) is 1.34. The quantitative estimate of drug-likeness (QED) is 0.434. The van der Waals surface area contributed by atoms with Gasteiger partial charge in [0.15, 0.2) is 0 Å². The zero-order valence-corrected chi connectivity index (χ0v) is 9.64. The van der Waals surface area contributed by atoms with E-state index >= 15 is 0 Å². The molecule has 3 rings (SSSR count). The highest BCUT2D eigenvalue weighted by atomic mass is 16.2. The SMILES string of the molecule is CC1=CCN2C[C@@H]3C(=O)N(C)C(=O)[C@@H]3[C@@H]2C1. The van der Waals surface area contributed by atoms with E-state index in [1.807, 2.05) is 0 Å². The van der Waals surface area contributed by atoms with Gasteiger partial charge >= 0.3 is 0 Å². The molecule has 3 aliphatic heterocycles. The minimum Gasteiger partial charge on any atom is -0.295 e. The molecule has 16 heavy (non-hydrogen) atoms. The van der Waals surface area contributed by atoms with E-state index < -0.39 is 0 Å². The van der Waals surface area contributed by atoms with Crippen molar-refractivity contribution in [3.63, 3.8) is 0 Å². The second-order valence-electron chi connectivity index (χ2n) is 5.14. The summed E-state index contributed by atoms with van der Waals surface area (Å²) in [4.78, 5) is 27.5. The van der Waals surface area contributed by atoms with Gasteiger partial charge in [-0.25, -0.2) is 0 Å². The minimum absolute atomic E-state index is 0.0158. The van der Waals surface area contributed by atoms with Crippen LogP contribution in [0, 0.1) is 11.8 Å². The first kappa shape index (κ1) is 10.0. The fraction of sp³-hybridized carbons (Fsp3) is 0.667. The third-order valence-electron chi connectivity index (χ3n) is 4.22. The minimum atomic E-state index is -0.0823. The summed E-state index contributed by atoms with van der Waals surface area (Å²) in [6, 6.07) is 0.261. The van der Waals surface area contributed by atoms with Crippen LogP contribution in [0.4, 0.5) is 0 Å². The third-order valence-corrected chi connectivity index (χ3v) is 4.22. The Kier molecular flexibility index (Phi) is 1.98. The first-order valence-corrected chi connectivity index (χ1v) is 5.80. The summed E-state index contributed by atoms with van der Waals surface area (Å²) in [6.07, 6.45) is 3.14. The zero-order chi connectivity index (χ0) is 11.4. The van der Waals surface area contributed by atoms with Crippen molar-refractivity contribution in [1.29, 1.82) is 0 Å². The number of fused-ring (bicyclic) bond motifs is 3. The molecule has 0 aliphatic carbocycles. The standard InChI is InChI=1S/C12H16N2O2/c1-7-3-4-14-6-8-10(9(14)5-7)12(16)13(2)11(8)15/h3,8-10H,4-6H2,1-2H3/t8-,9-,10-/m0/s1. The number of carbonyl (C=O) groups excluding carboxylic acids is 2. The molecule has 0 aromatic rings. The number of hydrogen-bond donors (Lipinski definition) is 0. The maximum Gasteiger partial charge on any atom is 0.234 e. The van der Waals surface area contributed by atoms with Gasteiger partial charge in [-0.2, -0.15) is 0 Å². The van der Waals surface area contributed by atoms with Gasteiger partial charge in [0.25, 0.3) is 0 Å². The van der Waals surface area contributed by atoms with Crippen LogP contribution in [0.5, 0.6) is 0 Å². The van der Waals surface area contributed by atoms with Gasteiger partial charge in [0.2, 0.25) is 11.8 Å². The number of carbonyl (C=O) groups is 2. The molecule has 3 atom stereocenters. The van der Waals surface area contributed by atoms with Crippen molar-refractivity contribution in [2.24, 2.45) is 11.8 Å². The molecular weight excluding hydrogens is 204 g/mol. The molecule has 0 radical (unpaired) electrons. The molecule has 2 amide bonds. The molecule has 4 heteroatoms. The van der Waals surface area contributed by atoms with Crippen LogP contribution >= 0.6 is 0 Å². The highest BCUT2D eigenvalue weighted by Gasteiger charge is 2.56. The van der Waals surface area contributed by atoms with E-state index in [0.29, 0.717) is 0 Å². The van der Waals surface area contributed by atoms with E-state index in [9.17, 15) is 9.59 Å². The lowest BCUT2D eigenvalue weighted by molar-refractivity contribution is -0.139. The van der Waals surface area contributed by atoms with Gasteiger partial charge in [0, 0.05) is 26.2 Å². The van der Waals surface area contributed by atoms with Gasteiger partial charge in [0.05, 0.1) is 11.8 Å². The van der Waals surface area contributed by atoms with Crippen LogP contribution in [0.1, 0.15) is 13.3 Å². The number of likely N-dealkylation sites (tertiary alicyclic amines) is 1. The lowest BCUT2D eigenvalue weighted by Crippen LogP contribution is -2.41. The lowest BCUT2D eigenvalue weighted by atomic mass is 9.88. The average Bonchev–Trinajstić information content (AvgIpc) is 2.72. The molecule has 0 spiro atoms. The molecule has 0 aromatic heterocycles. The van der Waals surface area contributed by atoms with E-state index in [4.69, 9.17) is 0 Å². The molecule has 3 aliphatic rings. The Morgan fingerprint density at radius 2 is 2.06 bits per heavy atom. The summed E-state index contributed by atoms with van der Waals surface area (Å²) in [6.45, 7) is 3.76. The molecular formula is C12H16N2O2. The monoisotopic (exact) mass is 220 g/mol. The van der Waals surface area contributed by atoms with Gasteiger partial charge in [-0.1, -0.05) is 11.6 Å². The predicted molar refractivity (Wildman–Crippen MR) is 58.5 cm³/mol. The van der Waals surface area contributed by atoms with E-state index in [-0.39, 0.29) is 29.7 Å². The predicted octanol–water partition coefficient (Wildman–Crippen LogP) is 0.252. The van der Waals surface area contributed by atoms with Crippen molar-refractivity contribution >= 4 is 11.8 Å². The van der Waals surface area contributed by atoms with Crippen molar-refractivity contribution in [2.45, 2.75) is 19.4 Å². The zero-order valence-electron chi connectivity index (χ0n) is 9.64. The largest absolute Gasteiger partial charge is 0.295 e. The summed E-state index contributed by atoms with van der Waals surface area (Å²) in [5.74, 6) is -0.123. The Hall–Kier alpha value is -1.16. The van der Waals surface area contributed by atoms with Crippen LogP contribution in [0.3, 0.4) is 0 Å². The summed E-state index contributed by atoms with van der Waals surface area (Å²) < 4.78 is 0. The summed E-state index contributed by atoms with van der Waals surface area (Å²) >= 11 is 0. The molecule has 3 heterocycles. The number of rotatable bonds is 0. The van der Waals surface area contributed by atoms with Crippen molar-refractivity contribution in [3.8, 4) is 0 Å². The highest BCUT2D eigenvalue weighted by Crippen LogP contribution is 2.41. The smallest absolute Gasteiger partial charge is 0.234 e. The van der Waals surface area contributed by atoms with Crippen LogP contribution in [-0.2, 0) is 9.59 Å². The van der Waals surface area contributed by atoms with E-state index in [1.54, 1.807) is 7.05 Å². The number of hydrogen-bond acceptors (Lipinski definition) is 3. The molecule has 2 saturated heterocycles. The number of nitrogens with zero attached hydrogens (tertiary/aromatic N) is 2. The Bertz CT molecular complexity index is 402. The first-order chi connectivity index (χ1) is 7.59. The molecule has 0 N–H and O–H groups in total. The third kappa shape index (κ3) is 1.13. The molecule has 0 aromatic carbocycles. The summed E-state index contributed by atoms with van der Waals surface area (Å²) in [5, 5.41) is 0. The topological polar surface area (TPSA) is 40.6 Å². The van der Waals surface area contributed by atoms with Crippen LogP contribution in [0.15, 0.2) is 11.6 Å². The second kappa shape index (κ2) is 3.17. The molecule has 4 nitrogen and oxygen atoms in total. The molecule has 2 fully saturated rings.